The van der Waals surface area contributed by atoms with E-state index in [-0.39, 0.29) is 37.5 Å². The van der Waals surface area contributed by atoms with Crippen LogP contribution in [0.15, 0.2) is 114 Å². The summed E-state index contributed by atoms with van der Waals surface area (Å²) >= 11 is 0. The molecule has 5 aromatic carbocycles. The molecule has 11 heteroatoms. The number of aromatic nitrogens is 6. The molecule has 0 saturated carbocycles. The molecule has 214 valence electrons. The average Bonchev–Trinajstić information content (AvgIpc) is 3.64. The molecule has 0 atom stereocenters. The van der Waals surface area contributed by atoms with Crippen molar-refractivity contribution < 1.29 is 34.0 Å². The number of halogens is 2. The number of fused-ring (bicyclic) bond motifs is 2. The van der Waals surface area contributed by atoms with Gasteiger partial charge >= 0.3 is 20.1 Å². The Bertz CT molecular complexity index is 1790. The first kappa shape index (κ1) is 30.8. The fraction of sp³-hybridized carbons (Fsp3) is 0.0312. The smallest absolute Gasteiger partial charge is 0.872 e. The van der Waals surface area contributed by atoms with Crippen LogP contribution in [0.25, 0.3) is 33.4 Å². The molecule has 7 aromatic rings. The minimum Gasteiger partial charge on any atom is -0.872 e. The van der Waals surface area contributed by atoms with E-state index in [9.17, 15) is 13.9 Å². The van der Waals surface area contributed by atoms with Crippen LogP contribution < -0.4 is 5.11 Å². The van der Waals surface area contributed by atoms with Crippen molar-refractivity contribution in [2.75, 3.05) is 7.05 Å². The SMILES string of the molecule is CN=Cc1ccccc1[O-].Fc1c[c-]ccc1-n1nc2ccccc2n1.Fc1c[c-]ccc1-n1nc2ccccc2n1.[Ir+3]. The van der Waals surface area contributed by atoms with Gasteiger partial charge in [0.25, 0.3) is 0 Å². The van der Waals surface area contributed by atoms with Crippen molar-refractivity contribution in [2.45, 2.75) is 0 Å². The van der Waals surface area contributed by atoms with Crippen molar-refractivity contribution in [1.29, 1.82) is 0 Å². The zero-order chi connectivity index (χ0) is 29.3. The standard InChI is InChI=1S/2C12H7FN3.C8H9NO.Ir/c2*13-9-5-1-4-8-12(9)16-14-10-6-2-3-7-11(10)15-16;1-9-6-7-4-2-3-5-8(7)10;/h2*2-8H;2-6,10H,1H3;/q2*-1;;+3/p-1. The molecule has 0 saturated heterocycles. The number of nitrogens with zero attached hydrogens (tertiary/aromatic N) is 7. The zero-order valence-corrected chi connectivity index (χ0v) is 25.0. The predicted molar refractivity (Wildman–Crippen MR) is 155 cm³/mol. The Morgan fingerprint density at radius 3 is 1.42 bits per heavy atom. The summed E-state index contributed by atoms with van der Waals surface area (Å²) in [6, 6.07) is 35.9. The Morgan fingerprint density at radius 2 is 1.05 bits per heavy atom. The Labute approximate surface area is 259 Å². The molecular formula is C32H22F2IrN7O. The molecule has 0 radical (unpaired) electrons. The topological polar surface area (TPSA) is 96.8 Å². The summed E-state index contributed by atoms with van der Waals surface area (Å²) in [4.78, 5) is 6.34. The Hall–Kier alpha value is -5.12. The molecule has 0 N–H and O–H groups in total. The van der Waals surface area contributed by atoms with Gasteiger partial charge in [0.05, 0.1) is 0 Å². The van der Waals surface area contributed by atoms with Gasteiger partial charge in [0.15, 0.2) is 0 Å². The minimum atomic E-state index is -0.386. The maximum absolute atomic E-state index is 13.5. The second-order valence-corrected chi connectivity index (χ2v) is 8.64. The summed E-state index contributed by atoms with van der Waals surface area (Å²) in [5.74, 6) is -0.751. The quantitative estimate of drug-likeness (QED) is 0.175. The van der Waals surface area contributed by atoms with Crippen molar-refractivity contribution in [2.24, 2.45) is 4.99 Å². The van der Waals surface area contributed by atoms with E-state index in [0.29, 0.717) is 16.9 Å². The summed E-state index contributed by atoms with van der Waals surface area (Å²) in [6.45, 7) is 0. The number of hydrogen-bond acceptors (Lipinski definition) is 6. The van der Waals surface area contributed by atoms with Gasteiger partial charge < -0.3 is 5.11 Å². The molecule has 8 nitrogen and oxygen atoms in total. The minimum absolute atomic E-state index is 0. The van der Waals surface area contributed by atoms with Crippen LogP contribution in [0, 0.1) is 23.8 Å². The largest absolute Gasteiger partial charge is 3.00 e. The van der Waals surface area contributed by atoms with Gasteiger partial charge in [-0.05, 0) is 29.8 Å². The third kappa shape index (κ3) is 7.59. The van der Waals surface area contributed by atoms with Crippen LogP contribution in [-0.4, -0.2) is 43.3 Å². The van der Waals surface area contributed by atoms with E-state index >= 15 is 0 Å². The summed E-state index contributed by atoms with van der Waals surface area (Å²) in [6.07, 6.45) is 1.56. The summed E-state index contributed by atoms with van der Waals surface area (Å²) in [5, 5.41) is 27.7. The molecule has 43 heavy (non-hydrogen) atoms. The van der Waals surface area contributed by atoms with Crippen molar-refractivity contribution in [1.82, 2.24) is 30.0 Å². The van der Waals surface area contributed by atoms with Gasteiger partial charge in [0, 0.05) is 36.3 Å². The van der Waals surface area contributed by atoms with Crippen molar-refractivity contribution >= 4 is 28.3 Å². The van der Waals surface area contributed by atoms with Gasteiger partial charge in [-0.1, -0.05) is 48.5 Å². The van der Waals surface area contributed by atoms with E-state index in [1.165, 1.54) is 27.8 Å². The first-order valence-corrected chi connectivity index (χ1v) is 12.7. The second-order valence-electron chi connectivity index (χ2n) is 8.64. The summed E-state index contributed by atoms with van der Waals surface area (Å²) in [5.41, 5.74) is 4.28. The average molecular weight is 751 g/mol. The van der Waals surface area contributed by atoms with Crippen LogP contribution >= 0.6 is 0 Å². The van der Waals surface area contributed by atoms with Crippen LogP contribution in [0.1, 0.15) is 5.56 Å². The van der Waals surface area contributed by atoms with Crippen molar-refractivity contribution in [3.63, 3.8) is 0 Å². The molecule has 0 fully saturated rings. The third-order valence-electron chi connectivity index (χ3n) is 5.78. The van der Waals surface area contributed by atoms with Gasteiger partial charge in [-0.25, -0.2) is 0 Å². The maximum Gasteiger partial charge on any atom is 3.00 e. The van der Waals surface area contributed by atoms with E-state index in [1.54, 1.807) is 49.7 Å². The van der Waals surface area contributed by atoms with Crippen molar-refractivity contribution in [3.05, 3.63) is 139 Å². The fourth-order valence-electron chi connectivity index (χ4n) is 3.79. The molecule has 2 aromatic heterocycles. The predicted octanol–water partition coefficient (Wildman–Crippen LogP) is 5.53. The van der Waals surface area contributed by atoms with Gasteiger partial charge in [0.1, 0.15) is 22.1 Å². The molecule has 0 unspecified atom stereocenters. The van der Waals surface area contributed by atoms with Gasteiger partial charge in [-0.15, -0.1) is 30.0 Å². The van der Waals surface area contributed by atoms with Crippen LogP contribution in [0.3, 0.4) is 0 Å². The van der Waals surface area contributed by atoms with E-state index in [2.05, 4.69) is 37.5 Å². The van der Waals surface area contributed by atoms with Crippen LogP contribution in [0.2, 0.25) is 0 Å². The van der Waals surface area contributed by atoms with Crippen molar-refractivity contribution in [3.8, 4) is 17.1 Å². The molecule has 0 aliphatic rings. The van der Waals surface area contributed by atoms with E-state index in [4.69, 9.17) is 0 Å². The number of aliphatic imine (C=N–C) groups is 1. The number of rotatable bonds is 3. The van der Waals surface area contributed by atoms with Gasteiger partial charge in [-0.3, -0.25) is 13.8 Å². The van der Waals surface area contributed by atoms with Crippen LogP contribution in [0.4, 0.5) is 8.78 Å². The summed E-state index contributed by atoms with van der Waals surface area (Å²) < 4.78 is 26.9. The molecule has 7 rings (SSSR count). The Balaban J connectivity index is 0.000000151. The van der Waals surface area contributed by atoms with E-state index in [0.717, 1.165) is 22.1 Å². The second kappa shape index (κ2) is 14.7. The van der Waals surface area contributed by atoms with E-state index in [1.807, 2.05) is 54.6 Å². The van der Waals surface area contributed by atoms with Gasteiger partial charge in [0.2, 0.25) is 0 Å². The van der Waals surface area contributed by atoms with Crippen LogP contribution in [0.5, 0.6) is 5.75 Å². The number of hydrogen-bond donors (Lipinski definition) is 0. The monoisotopic (exact) mass is 751 g/mol. The van der Waals surface area contributed by atoms with Gasteiger partial charge in [-0.2, -0.15) is 54.3 Å². The first-order valence-electron chi connectivity index (χ1n) is 12.7. The number of benzene rings is 5. The zero-order valence-electron chi connectivity index (χ0n) is 22.6. The van der Waals surface area contributed by atoms with E-state index < -0.39 is 0 Å². The molecule has 2 heterocycles. The Kier molecular flexibility index (Phi) is 10.5. The first-order chi connectivity index (χ1) is 20.5. The molecule has 0 spiro atoms. The molecule has 0 bridgehead atoms. The fourth-order valence-corrected chi connectivity index (χ4v) is 3.79. The number of para-hydroxylation sites is 1. The normalized spacial score (nSPS) is 10.5. The summed E-state index contributed by atoms with van der Waals surface area (Å²) in [7, 11) is 1.65. The Morgan fingerprint density at radius 1 is 0.651 bits per heavy atom. The third-order valence-corrected chi connectivity index (χ3v) is 5.78. The molecular weight excluding hydrogens is 729 g/mol. The maximum atomic E-state index is 13.5. The molecule has 0 aliphatic heterocycles. The van der Waals surface area contributed by atoms with Crippen LogP contribution in [-0.2, 0) is 20.1 Å². The molecule has 0 aliphatic carbocycles. The molecule has 0 amide bonds.